The zero-order valence-corrected chi connectivity index (χ0v) is 9.66. The molecule has 0 bridgehead atoms. The minimum atomic E-state index is 0.659. The summed E-state index contributed by atoms with van der Waals surface area (Å²) in [6.45, 7) is 7.46. The molecule has 0 spiro atoms. The fourth-order valence-electron chi connectivity index (χ4n) is 4.51. The molecule has 2 fully saturated rings. The minimum Gasteiger partial charge on any atom is -0.0879 e. The quantitative estimate of drug-likeness (QED) is 0.508. The maximum atomic E-state index is 2.54. The van der Waals surface area contributed by atoms with Gasteiger partial charge in [0.15, 0.2) is 0 Å². The van der Waals surface area contributed by atoms with Crippen LogP contribution in [0, 0.1) is 35.0 Å². The molecule has 0 saturated heterocycles. The lowest BCUT2D eigenvalue weighted by Gasteiger charge is -2.22. The van der Waals surface area contributed by atoms with Crippen LogP contribution in [-0.2, 0) is 0 Å². The number of fused-ring (bicyclic) bond motifs is 3. The lowest BCUT2D eigenvalue weighted by Crippen LogP contribution is -2.16. The van der Waals surface area contributed by atoms with Crippen LogP contribution in [0.15, 0.2) is 12.2 Å². The van der Waals surface area contributed by atoms with Gasteiger partial charge in [-0.1, -0.05) is 32.9 Å². The third-order valence-electron chi connectivity index (χ3n) is 5.43. The van der Waals surface area contributed by atoms with Crippen LogP contribution in [0.3, 0.4) is 0 Å². The molecule has 0 amide bonds. The van der Waals surface area contributed by atoms with E-state index < -0.39 is 0 Å². The molecular weight excluding hydrogens is 168 g/mol. The summed E-state index contributed by atoms with van der Waals surface area (Å²) >= 11 is 0. The van der Waals surface area contributed by atoms with E-state index in [0.29, 0.717) is 5.41 Å². The first-order valence-electron chi connectivity index (χ1n) is 6.29. The van der Waals surface area contributed by atoms with Crippen molar-refractivity contribution >= 4 is 0 Å². The van der Waals surface area contributed by atoms with E-state index in [1.54, 1.807) is 0 Å². The Labute approximate surface area is 87.8 Å². The Bertz CT molecular complexity index is 274. The number of allylic oxidation sites excluding steroid dienone is 2. The molecule has 0 aromatic rings. The Hall–Kier alpha value is -0.260. The van der Waals surface area contributed by atoms with E-state index in [9.17, 15) is 0 Å². The zero-order chi connectivity index (χ0) is 9.92. The molecule has 2 saturated carbocycles. The first-order valence-corrected chi connectivity index (χ1v) is 6.29. The fourth-order valence-corrected chi connectivity index (χ4v) is 4.51. The Balaban J connectivity index is 1.93. The van der Waals surface area contributed by atoms with Crippen LogP contribution in [0.2, 0.25) is 0 Å². The number of hydrogen-bond acceptors (Lipinski definition) is 0. The van der Waals surface area contributed by atoms with Gasteiger partial charge in [0.25, 0.3) is 0 Å². The van der Waals surface area contributed by atoms with Gasteiger partial charge in [-0.05, 0) is 54.3 Å². The monoisotopic (exact) mass is 190 g/mol. The molecule has 3 aliphatic rings. The lowest BCUT2D eigenvalue weighted by atomic mass is 9.83. The second kappa shape index (κ2) is 2.65. The van der Waals surface area contributed by atoms with Gasteiger partial charge in [-0.3, -0.25) is 0 Å². The molecule has 0 heteroatoms. The van der Waals surface area contributed by atoms with Crippen molar-refractivity contribution < 1.29 is 0 Å². The molecule has 0 radical (unpaired) electrons. The number of rotatable bonds is 0. The van der Waals surface area contributed by atoms with Gasteiger partial charge in [0.1, 0.15) is 0 Å². The maximum Gasteiger partial charge on any atom is -0.0200 e. The highest BCUT2D eigenvalue weighted by Crippen LogP contribution is 2.68. The van der Waals surface area contributed by atoms with Gasteiger partial charge in [0, 0.05) is 0 Å². The summed E-state index contributed by atoms with van der Waals surface area (Å²) in [5, 5.41) is 0. The van der Waals surface area contributed by atoms with Crippen LogP contribution in [-0.4, -0.2) is 0 Å². The van der Waals surface area contributed by atoms with Crippen molar-refractivity contribution in [1.82, 2.24) is 0 Å². The summed E-state index contributed by atoms with van der Waals surface area (Å²) in [6, 6.07) is 0. The Morgan fingerprint density at radius 2 is 2.00 bits per heavy atom. The topological polar surface area (TPSA) is 0 Å². The normalized spacial score (nSPS) is 53.5. The fraction of sp³-hybridized carbons (Fsp3) is 0.857. The average molecular weight is 190 g/mol. The molecule has 0 heterocycles. The largest absolute Gasteiger partial charge is 0.0879 e. The van der Waals surface area contributed by atoms with Crippen LogP contribution >= 0.6 is 0 Å². The van der Waals surface area contributed by atoms with Crippen molar-refractivity contribution in [2.24, 2.45) is 35.0 Å². The predicted octanol–water partition coefficient (Wildman–Crippen LogP) is 3.88. The summed E-state index contributed by atoms with van der Waals surface area (Å²) < 4.78 is 0. The molecule has 78 valence electrons. The van der Waals surface area contributed by atoms with Crippen molar-refractivity contribution in [3.63, 3.8) is 0 Å². The first-order chi connectivity index (χ1) is 6.62. The highest BCUT2D eigenvalue weighted by Gasteiger charge is 2.62. The van der Waals surface area contributed by atoms with Crippen molar-refractivity contribution in [2.45, 2.75) is 40.0 Å². The van der Waals surface area contributed by atoms with Crippen molar-refractivity contribution in [2.75, 3.05) is 0 Å². The molecule has 3 rings (SSSR count). The van der Waals surface area contributed by atoms with Gasteiger partial charge in [0.2, 0.25) is 0 Å². The molecular formula is C14H22. The molecule has 5 unspecified atom stereocenters. The van der Waals surface area contributed by atoms with E-state index in [-0.39, 0.29) is 0 Å². The van der Waals surface area contributed by atoms with E-state index in [1.807, 2.05) is 0 Å². The molecule has 5 atom stereocenters. The molecule has 0 aromatic carbocycles. The second-order valence-corrected chi connectivity index (χ2v) is 6.41. The van der Waals surface area contributed by atoms with E-state index in [0.717, 1.165) is 29.6 Å². The zero-order valence-electron chi connectivity index (χ0n) is 9.66. The van der Waals surface area contributed by atoms with Crippen molar-refractivity contribution in [3.8, 4) is 0 Å². The van der Waals surface area contributed by atoms with Crippen LogP contribution < -0.4 is 0 Å². The van der Waals surface area contributed by atoms with Gasteiger partial charge in [-0.15, -0.1) is 0 Å². The van der Waals surface area contributed by atoms with Gasteiger partial charge in [-0.2, -0.15) is 0 Å². The Kier molecular flexibility index (Phi) is 1.70. The van der Waals surface area contributed by atoms with Gasteiger partial charge in [-0.25, -0.2) is 0 Å². The van der Waals surface area contributed by atoms with Crippen LogP contribution in [0.5, 0.6) is 0 Å². The molecule has 0 nitrogen and oxygen atoms in total. The van der Waals surface area contributed by atoms with Crippen LogP contribution in [0.1, 0.15) is 40.0 Å². The summed E-state index contributed by atoms with van der Waals surface area (Å²) in [7, 11) is 0. The van der Waals surface area contributed by atoms with E-state index in [4.69, 9.17) is 0 Å². The highest BCUT2D eigenvalue weighted by atomic mass is 14.7. The molecule has 3 aliphatic carbocycles. The molecule has 0 N–H and O–H groups in total. The Morgan fingerprint density at radius 1 is 1.21 bits per heavy atom. The van der Waals surface area contributed by atoms with Crippen LogP contribution in [0.25, 0.3) is 0 Å². The third-order valence-corrected chi connectivity index (χ3v) is 5.43. The molecule has 14 heavy (non-hydrogen) atoms. The SMILES string of the molecule is CC1CCC2C=CCC3C(C12)C3(C)C. The summed E-state index contributed by atoms with van der Waals surface area (Å²) in [5.41, 5.74) is 0.659. The second-order valence-electron chi connectivity index (χ2n) is 6.41. The summed E-state index contributed by atoms with van der Waals surface area (Å²) in [6.07, 6.45) is 9.31. The number of hydrogen-bond donors (Lipinski definition) is 0. The van der Waals surface area contributed by atoms with E-state index >= 15 is 0 Å². The van der Waals surface area contributed by atoms with Gasteiger partial charge in [0.05, 0.1) is 0 Å². The maximum absolute atomic E-state index is 2.54. The van der Waals surface area contributed by atoms with E-state index in [2.05, 4.69) is 32.9 Å². The van der Waals surface area contributed by atoms with E-state index in [1.165, 1.54) is 19.3 Å². The summed E-state index contributed by atoms with van der Waals surface area (Å²) in [5.74, 6) is 4.99. The van der Waals surface area contributed by atoms with Crippen molar-refractivity contribution in [3.05, 3.63) is 12.2 Å². The van der Waals surface area contributed by atoms with Crippen LogP contribution in [0.4, 0.5) is 0 Å². The molecule has 0 aliphatic heterocycles. The predicted molar refractivity (Wildman–Crippen MR) is 59.9 cm³/mol. The first kappa shape index (κ1) is 9.00. The highest BCUT2D eigenvalue weighted by molar-refractivity contribution is 5.17. The molecule has 0 aromatic heterocycles. The minimum absolute atomic E-state index is 0.659. The smallest absolute Gasteiger partial charge is 0.0200 e. The van der Waals surface area contributed by atoms with Gasteiger partial charge < -0.3 is 0 Å². The van der Waals surface area contributed by atoms with Gasteiger partial charge >= 0.3 is 0 Å². The lowest BCUT2D eigenvalue weighted by molar-refractivity contribution is 0.286. The standard InChI is InChI=1S/C14H22/c1-9-7-8-10-5-4-6-11-13(12(9)10)14(11,2)3/h4-5,9-13H,6-8H2,1-3H3. The Morgan fingerprint density at radius 3 is 2.79 bits per heavy atom. The third kappa shape index (κ3) is 1.00. The summed E-state index contributed by atoms with van der Waals surface area (Å²) in [4.78, 5) is 0. The van der Waals surface area contributed by atoms with Crippen molar-refractivity contribution in [1.29, 1.82) is 0 Å². The average Bonchev–Trinajstić information content (AvgIpc) is 2.57.